The number of halogens is 2. The van der Waals surface area contributed by atoms with E-state index in [1.807, 2.05) is 30.3 Å². The van der Waals surface area contributed by atoms with Crippen LogP contribution in [0.2, 0.25) is 0 Å². The first kappa shape index (κ1) is 21.7. The Morgan fingerprint density at radius 3 is 2.36 bits per heavy atom. The average Bonchev–Trinajstić information content (AvgIpc) is 3.23. The van der Waals surface area contributed by atoms with Gasteiger partial charge < -0.3 is 19.9 Å². The highest BCUT2D eigenvalue weighted by molar-refractivity contribution is 14.0. The van der Waals surface area contributed by atoms with E-state index in [0.717, 1.165) is 16.9 Å². The van der Waals surface area contributed by atoms with E-state index in [0.29, 0.717) is 24.7 Å². The lowest BCUT2D eigenvalue weighted by Crippen LogP contribution is -2.36. The van der Waals surface area contributed by atoms with Gasteiger partial charge in [-0.05, 0) is 35.4 Å². The van der Waals surface area contributed by atoms with Gasteiger partial charge in [0.25, 0.3) is 0 Å². The van der Waals surface area contributed by atoms with E-state index in [4.69, 9.17) is 4.74 Å². The van der Waals surface area contributed by atoms with E-state index in [-0.39, 0.29) is 29.8 Å². The minimum absolute atomic E-state index is 0. The summed E-state index contributed by atoms with van der Waals surface area (Å²) in [5, 5.41) is 6.42. The molecule has 0 aliphatic rings. The number of ether oxygens (including phenoxy) is 1. The highest BCUT2D eigenvalue weighted by Gasteiger charge is 2.06. The Morgan fingerprint density at radius 1 is 1.11 bits per heavy atom. The second-order valence-corrected chi connectivity index (χ2v) is 5.88. The number of imidazole rings is 1. The van der Waals surface area contributed by atoms with Gasteiger partial charge >= 0.3 is 0 Å². The Labute approximate surface area is 180 Å². The van der Waals surface area contributed by atoms with Crippen LogP contribution in [-0.2, 0) is 13.1 Å². The fourth-order valence-corrected chi connectivity index (χ4v) is 2.61. The third kappa shape index (κ3) is 5.69. The summed E-state index contributed by atoms with van der Waals surface area (Å²) in [7, 11) is 3.34. The molecule has 6 nitrogen and oxygen atoms in total. The molecule has 0 spiro atoms. The van der Waals surface area contributed by atoms with Gasteiger partial charge in [-0.3, -0.25) is 4.99 Å². The molecule has 0 aliphatic heterocycles. The van der Waals surface area contributed by atoms with Crippen molar-refractivity contribution in [3.05, 3.63) is 78.1 Å². The number of guanidine groups is 1. The van der Waals surface area contributed by atoms with Crippen molar-refractivity contribution in [1.82, 2.24) is 20.2 Å². The highest BCUT2D eigenvalue weighted by atomic mass is 127. The first-order valence-corrected chi connectivity index (χ1v) is 8.54. The molecule has 1 heterocycles. The van der Waals surface area contributed by atoms with Gasteiger partial charge in [-0.1, -0.05) is 18.2 Å². The zero-order chi connectivity index (χ0) is 19.1. The van der Waals surface area contributed by atoms with Crippen molar-refractivity contribution in [2.45, 2.75) is 13.1 Å². The van der Waals surface area contributed by atoms with Gasteiger partial charge in [0, 0.05) is 32.5 Å². The van der Waals surface area contributed by atoms with Crippen molar-refractivity contribution in [1.29, 1.82) is 0 Å². The quantitative estimate of drug-likeness (QED) is 0.312. The monoisotopic (exact) mass is 495 g/mol. The zero-order valence-corrected chi connectivity index (χ0v) is 18.1. The maximum absolute atomic E-state index is 14.3. The molecule has 3 rings (SSSR count). The molecule has 0 amide bonds. The van der Waals surface area contributed by atoms with E-state index in [1.54, 1.807) is 43.5 Å². The van der Waals surface area contributed by atoms with E-state index in [2.05, 4.69) is 20.6 Å². The Kier molecular flexibility index (Phi) is 8.24. The maximum atomic E-state index is 14.3. The molecule has 3 aromatic rings. The minimum Gasteiger partial charge on any atom is -0.497 e. The van der Waals surface area contributed by atoms with Gasteiger partial charge in [0.1, 0.15) is 11.6 Å². The molecule has 0 saturated heterocycles. The molecule has 1 aromatic heterocycles. The van der Waals surface area contributed by atoms with Crippen molar-refractivity contribution in [3.63, 3.8) is 0 Å². The lowest BCUT2D eigenvalue weighted by Gasteiger charge is -2.13. The van der Waals surface area contributed by atoms with Crippen LogP contribution in [-0.4, -0.2) is 29.7 Å². The standard InChI is InChI=1S/C20H22FN5O.HI/c1-22-20(24-12-15-3-6-17(27-2)7-4-15)25-13-16-5-8-19(18(21)11-16)26-10-9-23-14-26;/h3-11,14H,12-13H2,1-2H3,(H2,22,24,25);1H. The Morgan fingerprint density at radius 2 is 1.79 bits per heavy atom. The lowest BCUT2D eigenvalue weighted by atomic mass is 10.2. The maximum Gasteiger partial charge on any atom is 0.191 e. The van der Waals surface area contributed by atoms with E-state index >= 15 is 0 Å². The van der Waals surface area contributed by atoms with Crippen LogP contribution >= 0.6 is 24.0 Å². The van der Waals surface area contributed by atoms with E-state index < -0.39 is 0 Å². The molecular weight excluding hydrogens is 472 g/mol. The van der Waals surface area contributed by atoms with Crippen LogP contribution in [0.4, 0.5) is 4.39 Å². The summed E-state index contributed by atoms with van der Waals surface area (Å²) in [5.41, 5.74) is 2.40. The van der Waals surface area contributed by atoms with Gasteiger partial charge in [-0.2, -0.15) is 0 Å². The van der Waals surface area contributed by atoms with Gasteiger partial charge in [-0.15, -0.1) is 24.0 Å². The molecule has 148 valence electrons. The molecule has 0 unspecified atom stereocenters. The lowest BCUT2D eigenvalue weighted by molar-refractivity contribution is 0.414. The second kappa shape index (κ2) is 10.6. The number of benzene rings is 2. The van der Waals surface area contributed by atoms with Gasteiger partial charge in [-0.25, -0.2) is 9.37 Å². The summed E-state index contributed by atoms with van der Waals surface area (Å²) in [6.07, 6.45) is 4.90. The zero-order valence-electron chi connectivity index (χ0n) is 15.7. The number of rotatable bonds is 6. The third-order valence-corrected chi connectivity index (χ3v) is 4.10. The normalized spacial score (nSPS) is 10.9. The molecule has 0 bridgehead atoms. The smallest absolute Gasteiger partial charge is 0.191 e. The summed E-state index contributed by atoms with van der Waals surface area (Å²) in [6, 6.07) is 12.9. The molecule has 0 radical (unpaired) electrons. The van der Waals surface area contributed by atoms with Crippen LogP contribution in [0.15, 0.2) is 66.2 Å². The van der Waals surface area contributed by atoms with E-state index in [9.17, 15) is 4.39 Å². The Bertz CT molecular complexity index is 897. The first-order valence-electron chi connectivity index (χ1n) is 8.54. The topological polar surface area (TPSA) is 63.5 Å². The molecule has 2 aromatic carbocycles. The summed E-state index contributed by atoms with van der Waals surface area (Å²) in [4.78, 5) is 8.14. The van der Waals surface area contributed by atoms with Crippen LogP contribution < -0.4 is 15.4 Å². The second-order valence-electron chi connectivity index (χ2n) is 5.88. The van der Waals surface area contributed by atoms with Gasteiger partial charge in [0.05, 0.1) is 19.1 Å². The molecule has 0 atom stereocenters. The largest absolute Gasteiger partial charge is 0.497 e. The van der Waals surface area contributed by atoms with Crippen LogP contribution in [0, 0.1) is 5.82 Å². The number of methoxy groups -OCH3 is 1. The van der Waals surface area contributed by atoms with Crippen LogP contribution in [0.1, 0.15) is 11.1 Å². The fraction of sp³-hybridized carbons (Fsp3) is 0.200. The Balaban J connectivity index is 0.00000280. The molecule has 0 aliphatic carbocycles. The van der Waals surface area contributed by atoms with E-state index in [1.165, 1.54) is 6.07 Å². The molecule has 8 heteroatoms. The summed E-state index contributed by atoms with van der Waals surface area (Å²) in [6.45, 7) is 1.08. The minimum atomic E-state index is -0.298. The fourth-order valence-electron chi connectivity index (χ4n) is 2.61. The number of nitrogens with one attached hydrogen (secondary N) is 2. The number of nitrogens with zero attached hydrogens (tertiary/aromatic N) is 3. The van der Waals surface area contributed by atoms with Crippen molar-refractivity contribution in [2.75, 3.05) is 14.2 Å². The predicted molar refractivity (Wildman–Crippen MR) is 119 cm³/mol. The van der Waals surface area contributed by atoms with Crippen molar-refractivity contribution in [2.24, 2.45) is 4.99 Å². The number of hydrogen-bond donors (Lipinski definition) is 2. The number of aromatic nitrogens is 2. The molecule has 28 heavy (non-hydrogen) atoms. The number of hydrogen-bond acceptors (Lipinski definition) is 3. The van der Waals surface area contributed by atoms with Crippen LogP contribution in [0.3, 0.4) is 0 Å². The first-order chi connectivity index (χ1) is 13.2. The Hall–Kier alpha value is -2.62. The third-order valence-electron chi connectivity index (χ3n) is 4.10. The molecule has 2 N–H and O–H groups in total. The molecular formula is C20H23FIN5O. The average molecular weight is 495 g/mol. The highest BCUT2D eigenvalue weighted by Crippen LogP contribution is 2.15. The SMILES string of the molecule is CN=C(NCc1ccc(OC)cc1)NCc1ccc(-n2ccnc2)c(F)c1.I. The van der Waals surface area contributed by atoms with Crippen molar-refractivity contribution >= 4 is 29.9 Å². The summed E-state index contributed by atoms with van der Waals surface area (Å²) in [5.74, 6) is 1.17. The van der Waals surface area contributed by atoms with Gasteiger partial charge in [0.15, 0.2) is 5.96 Å². The van der Waals surface area contributed by atoms with Crippen molar-refractivity contribution in [3.8, 4) is 11.4 Å². The summed E-state index contributed by atoms with van der Waals surface area (Å²) >= 11 is 0. The number of aliphatic imine (C=N–C) groups is 1. The van der Waals surface area contributed by atoms with Crippen molar-refractivity contribution < 1.29 is 9.13 Å². The van der Waals surface area contributed by atoms with Crippen LogP contribution in [0.5, 0.6) is 5.75 Å². The predicted octanol–water partition coefficient (Wildman–Crippen LogP) is 3.50. The molecule has 0 saturated carbocycles. The molecule has 0 fully saturated rings. The van der Waals surface area contributed by atoms with Gasteiger partial charge in [0.2, 0.25) is 0 Å². The summed E-state index contributed by atoms with van der Waals surface area (Å²) < 4.78 is 21.1. The van der Waals surface area contributed by atoms with Crippen LogP contribution in [0.25, 0.3) is 5.69 Å².